The summed E-state index contributed by atoms with van der Waals surface area (Å²) in [7, 11) is 1.78. The lowest BCUT2D eigenvalue weighted by atomic mass is 9.95. The van der Waals surface area contributed by atoms with Gasteiger partial charge in [0.2, 0.25) is 0 Å². The lowest BCUT2D eigenvalue weighted by molar-refractivity contribution is 0.0901. The van der Waals surface area contributed by atoms with Gasteiger partial charge in [0.1, 0.15) is 5.82 Å². The van der Waals surface area contributed by atoms with E-state index in [4.69, 9.17) is 0 Å². The Labute approximate surface area is 103 Å². The molecule has 94 valence electrons. The van der Waals surface area contributed by atoms with E-state index in [0.717, 1.165) is 12.8 Å². The number of anilines is 1. The Morgan fingerprint density at radius 2 is 2.06 bits per heavy atom. The summed E-state index contributed by atoms with van der Waals surface area (Å²) < 4.78 is 0. The molecule has 1 rings (SSSR count). The molecular formula is C13H21N3O. The van der Waals surface area contributed by atoms with Crippen LogP contribution in [0, 0.1) is 0 Å². The summed E-state index contributed by atoms with van der Waals surface area (Å²) in [6.45, 7) is 6.22. The second kappa shape index (κ2) is 5.66. The van der Waals surface area contributed by atoms with Gasteiger partial charge in [-0.2, -0.15) is 0 Å². The normalized spacial score (nSPS) is 11.1. The zero-order valence-corrected chi connectivity index (χ0v) is 11.0. The van der Waals surface area contributed by atoms with Crippen molar-refractivity contribution < 1.29 is 4.79 Å². The van der Waals surface area contributed by atoms with Crippen LogP contribution in [0.4, 0.5) is 5.82 Å². The first-order valence-corrected chi connectivity index (χ1v) is 6.01. The maximum Gasteiger partial charge on any atom is 0.251 e. The topological polar surface area (TPSA) is 54.0 Å². The van der Waals surface area contributed by atoms with Gasteiger partial charge in [-0.25, -0.2) is 4.98 Å². The fourth-order valence-electron chi connectivity index (χ4n) is 1.48. The van der Waals surface area contributed by atoms with Crippen LogP contribution in [-0.4, -0.2) is 23.5 Å². The largest absolute Gasteiger partial charge is 0.373 e. The molecule has 0 radical (unpaired) electrons. The van der Waals surface area contributed by atoms with Crippen LogP contribution >= 0.6 is 0 Å². The number of hydrogen-bond donors (Lipinski definition) is 2. The third-order valence-corrected chi connectivity index (χ3v) is 3.25. The van der Waals surface area contributed by atoms with Crippen molar-refractivity contribution in [3.05, 3.63) is 23.9 Å². The van der Waals surface area contributed by atoms with E-state index >= 15 is 0 Å². The lowest BCUT2D eigenvalue weighted by Crippen LogP contribution is -2.44. The van der Waals surface area contributed by atoms with E-state index in [0.29, 0.717) is 11.4 Å². The Kier molecular flexibility index (Phi) is 4.49. The second-order valence-electron chi connectivity index (χ2n) is 4.40. The molecule has 17 heavy (non-hydrogen) atoms. The van der Waals surface area contributed by atoms with E-state index in [1.807, 2.05) is 0 Å². The van der Waals surface area contributed by atoms with Crippen LogP contribution in [0.25, 0.3) is 0 Å². The summed E-state index contributed by atoms with van der Waals surface area (Å²) in [5.41, 5.74) is 0.498. The zero-order valence-electron chi connectivity index (χ0n) is 11.0. The quantitative estimate of drug-likeness (QED) is 0.824. The van der Waals surface area contributed by atoms with Crippen molar-refractivity contribution in [3.8, 4) is 0 Å². The van der Waals surface area contributed by atoms with E-state index < -0.39 is 0 Å². The van der Waals surface area contributed by atoms with Crippen molar-refractivity contribution in [2.24, 2.45) is 0 Å². The second-order valence-corrected chi connectivity index (χ2v) is 4.40. The number of carbonyl (C=O) groups is 1. The highest BCUT2D eigenvalue weighted by Crippen LogP contribution is 2.15. The van der Waals surface area contributed by atoms with E-state index in [9.17, 15) is 4.79 Å². The number of aromatic nitrogens is 1. The zero-order chi connectivity index (χ0) is 12.9. The lowest BCUT2D eigenvalue weighted by Gasteiger charge is -2.28. The van der Waals surface area contributed by atoms with Crippen molar-refractivity contribution in [3.63, 3.8) is 0 Å². The minimum atomic E-state index is -0.139. The highest BCUT2D eigenvalue weighted by Gasteiger charge is 2.22. The summed E-state index contributed by atoms with van der Waals surface area (Å²) in [5.74, 6) is 0.655. The van der Waals surface area contributed by atoms with E-state index in [-0.39, 0.29) is 11.4 Å². The Morgan fingerprint density at radius 1 is 1.41 bits per heavy atom. The Bertz CT molecular complexity index is 386. The Hall–Kier alpha value is -1.58. The van der Waals surface area contributed by atoms with Gasteiger partial charge in [0, 0.05) is 24.3 Å². The molecule has 1 amide bonds. The molecule has 0 bridgehead atoms. The van der Waals surface area contributed by atoms with Crippen LogP contribution in [0.2, 0.25) is 0 Å². The summed E-state index contributed by atoms with van der Waals surface area (Å²) in [5, 5.41) is 5.99. The van der Waals surface area contributed by atoms with Crippen molar-refractivity contribution >= 4 is 11.7 Å². The molecule has 0 unspecified atom stereocenters. The van der Waals surface area contributed by atoms with Gasteiger partial charge >= 0.3 is 0 Å². The molecule has 2 N–H and O–H groups in total. The van der Waals surface area contributed by atoms with Gasteiger partial charge in [-0.3, -0.25) is 4.79 Å². The molecule has 0 aliphatic heterocycles. The molecule has 0 aliphatic carbocycles. The minimum Gasteiger partial charge on any atom is -0.373 e. The fourth-order valence-corrected chi connectivity index (χ4v) is 1.48. The summed E-state index contributed by atoms with van der Waals surface area (Å²) in [4.78, 5) is 16.2. The average Bonchev–Trinajstić information content (AvgIpc) is 2.38. The van der Waals surface area contributed by atoms with Crippen LogP contribution in [-0.2, 0) is 0 Å². The number of hydrogen-bond acceptors (Lipinski definition) is 3. The van der Waals surface area contributed by atoms with Gasteiger partial charge in [0.05, 0.1) is 0 Å². The first-order chi connectivity index (χ1) is 8.04. The smallest absolute Gasteiger partial charge is 0.251 e. The monoisotopic (exact) mass is 235 g/mol. The average molecular weight is 235 g/mol. The predicted molar refractivity (Wildman–Crippen MR) is 70.2 cm³/mol. The molecule has 1 aromatic heterocycles. The van der Waals surface area contributed by atoms with Crippen molar-refractivity contribution in [1.82, 2.24) is 10.3 Å². The third-order valence-electron chi connectivity index (χ3n) is 3.25. The van der Waals surface area contributed by atoms with Gasteiger partial charge in [-0.15, -0.1) is 0 Å². The van der Waals surface area contributed by atoms with Crippen LogP contribution in [0.3, 0.4) is 0 Å². The Balaban J connectivity index is 2.82. The summed E-state index contributed by atoms with van der Waals surface area (Å²) >= 11 is 0. The first-order valence-electron chi connectivity index (χ1n) is 6.01. The predicted octanol–water partition coefficient (Wildman–Crippen LogP) is 2.43. The van der Waals surface area contributed by atoms with Gasteiger partial charge in [-0.1, -0.05) is 13.8 Å². The number of nitrogens with zero attached hydrogens (tertiary/aromatic N) is 1. The number of pyridine rings is 1. The van der Waals surface area contributed by atoms with Crippen LogP contribution in [0.5, 0.6) is 0 Å². The summed E-state index contributed by atoms with van der Waals surface area (Å²) in [6, 6.07) is 3.48. The van der Waals surface area contributed by atoms with Crippen LogP contribution in [0.1, 0.15) is 44.0 Å². The fraction of sp³-hybridized carbons (Fsp3) is 0.538. The molecule has 0 saturated carbocycles. The van der Waals surface area contributed by atoms with Gasteiger partial charge in [0.15, 0.2) is 0 Å². The molecule has 4 heteroatoms. The van der Waals surface area contributed by atoms with Gasteiger partial charge < -0.3 is 10.6 Å². The molecule has 0 aliphatic rings. The highest BCUT2D eigenvalue weighted by molar-refractivity contribution is 5.95. The van der Waals surface area contributed by atoms with Gasteiger partial charge in [-0.05, 0) is 31.9 Å². The SMILES string of the molecule is CCC(C)(CC)NC(=O)c1ccnc(NC)c1. The minimum absolute atomic E-state index is 0.0462. The number of amides is 1. The van der Waals surface area contributed by atoms with Crippen molar-refractivity contribution in [1.29, 1.82) is 0 Å². The molecule has 0 atom stereocenters. The molecule has 0 aromatic carbocycles. The highest BCUT2D eigenvalue weighted by atomic mass is 16.1. The molecule has 4 nitrogen and oxygen atoms in total. The third kappa shape index (κ3) is 3.44. The standard InChI is InChI=1S/C13H21N3O/c1-5-13(3,6-2)16-12(17)10-7-8-15-11(9-10)14-4/h7-9H,5-6H2,1-4H3,(H,14,15)(H,16,17). The molecule has 0 fully saturated rings. The van der Waals surface area contributed by atoms with Crippen molar-refractivity contribution in [2.45, 2.75) is 39.2 Å². The van der Waals surface area contributed by atoms with Crippen molar-refractivity contribution in [2.75, 3.05) is 12.4 Å². The maximum absolute atomic E-state index is 12.1. The van der Waals surface area contributed by atoms with E-state index in [2.05, 4.69) is 36.4 Å². The number of rotatable bonds is 5. The first kappa shape index (κ1) is 13.5. The molecule has 1 aromatic rings. The molecule has 1 heterocycles. The van der Waals surface area contributed by atoms with Crippen LogP contribution < -0.4 is 10.6 Å². The summed E-state index contributed by atoms with van der Waals surface area (Å²) in [6.07, 6.45) is 3.47. The molecule has 0 saturated heterocycles. The van der Waals surface area contributed by atoms with Crippen LogP contribution in [0.15, 0.2) is 18.3 Å². The Morgan fingerprint density at radius 3 is 2.59 bits per heavy atom. The maximum atomic E-state index is 12.1. The van der Waals surface area contributed by atoms with Gasteiger partial charge in [0.25, 0.3) is 5.91 Å². The molecule has 0 spiro atoms. The number of nitrogens with one attached hydrogen (secondary N) is 2. The van der Waals surface area contributed by atoms with E-state index in [1.54, 1.807) is 25.4 Å². The number of carbonyl (C=O) groups excluding carboxylic acids is 1. The molecular weight excluding hydrogens is 214 g/mol. The van der Waals surface area contributed by atoms with E-state index in [1.165, 1.54) is 0 Å².